The summed E-state index contributed by atoms with van der Waals surface area (Å²) >= 11 is 0. The molecule has 3 rings (SSSR count). The van der Waals surface area contributed by atoms with Crippen LogP contribution < -0.4 is 15.3 Å². The van der Waals surface area contributed by atoms with Gasteiger partial charge in [-0.1, -0.05) is 12.1 Å². The molecule has 133 valence electrons. The Hall–Kier alpha value is -3.08. The quantitative estimate of drug-likeness (QED) is 0.486. The van der Waals surface area contributed by atoms with E-state index in [9.17, 15) is 9.59 Å². The molecular weight excluding hydrogens is 330 g/mol. The minimum Gasteiger partial charge on any atom is -0.456 e. The first-order chi connectivity index (χ1) is 12.6. The SMILES string of the molecule is [CH2]c1ccc(Oc2c(C=O)c(=O)oc3cc(N(CC)CC)ccc23)cc1. The van der Waals surface area contributed by atoms with Gasteiger partial charge in [0.1, 0.15) is 16.9 Å². The van der Waals surface area contributed by atoms with E-state index in [2.05, 4.69) is 25.7 Å². The van der Waals surface area contributed by atoms with Gasteiger partial charge in [0.05, 0.1) is 5.39 Å². The van der Waals surface area contributed by atoms with Gasteiger partial charge >= 0.3 is 5.63 Å². The van der Waals surface area contributed by atoms with E-state index in [1.165, 1.54) is 0 Å². The lowest BCUT2D eigenvalue weighted by atomic mass is 10.1. The van der Waals surface area contributed by atoms with Crippen LogP contribution in [0.15, 0.2) is 51.7 Å². The Kier molecular flexibility index (Phi) is 5.07. The van der Waals surface area contributed by atoms with Crippen molar-refractivity contribution >= 4 is 22.9 Å². The summed E-state index contributed by atoms with van der Waals surface area (Å²) in [7, 11) is 0. The zero-order chi connectivity index (χ0) is 18.7. The van der Waals surface area contributed by atoms with Gasteiger partial charge < -0.3 is 14.1 Å². The molecule has 1 heterocycles. The molecule has 0 fully saturated rings. The third-order valence-corrected chi connectivity index (χ3v) is 4.27. The molecule has 0 aliphatic carbocycles. The topological polar surface area (TPSA) is 59.8 Å². The number of carbonyl (C=O) groups is 1. The fraction of sp³-hybridized carbons (Fsp3) is 0.190. The predicted octanol–water partition coefficient (Wildman–Crippen LogP) is 4.43. The van der Waals surface area contributed by atoms with Crippen LogP contribution in [-0.2, 0) is 0 Å². The van der Waals surface area contributed by atoms with Gasteiger partial charge in [-0.15, -0.1) is 0 Å². The van der Waals surface area contributed by atoms with Gasteiger partial charge in [-0.05, 0) is 50.6 Å². The molecule has 5 heteroatoms. The van der Waals surface area contributed by atoms with Crippen molar-refractivity contribution in [3.8, 4) is 11.5 Å². The smallest absolute Gasteiger partial charge is 0.350 e. The molecule has 0 spiro atoms. The van der Waals surface area contributed by atoms with Crippen molar-refractivity contribution in [1.82, 2.24) is 0 Å². The number of carbonyl (C=O) groups excluding carboxylic acids is 1. The lowest BCUT2D eigenvalue weighted by molar-refractivity contribution is 0.111. The summed E-state index contributed by atoms with van der Waals surface area (Å²) < 4.78 is 11.2. The minimum absolute atomic E-state index is 0.133. The van der Waals surface area contributed by atoms with Crippen LogP contribution in [0.2, 0.25) is 0 Å². The van der Waals surface area contributed by atoms with Gasteiger partial charge in [-0.3, -0.25) is 4.79 Å². The average molecular weight is 350 g/mol. The Morgan fingerprint density at radius 1 is 1.12 bits per heavy atom. The Morgan fingerprint density at radius 2 is 1.81 bits per heavy atom. The molecular formula is C21H20NO4. The fourth-order valence-electron chi connectivity index (χ4n) is 2.85. The molecule has 5 nitrogen and oxygen atoms in total. The summed E-state index contributed by atoms with van der Waals surface area (Å²) in [6.07, 6.45) is 0.467. The van der Waals surface area contributed by atoms with E-state index in [-0.39, 0.29) is 11.3 Å². The first-order valence-corrected chi connectivity index (χ1v) is 8.48. The van der Waals surface area contributed by atoms with Crippen LogP contribution in [0.1, 0.15) is 29.8 Å². The number of aldehydes is 1. The highest BCUT2D eigenvalue weighted by molar-refractivity contribution is 5.94. The molecule has 0 bridgehead atoms. The normalized spacial score (nSPS) is 10.7. The number of rotatable bonds is 6. The summed E-state index contributed by atoms with van der Waals surface area (Å²) in [5, 5.41) is 0.571. The molecule has 1 aromatic heterocycles. The first kappa shape index (κ1) is 17.7. The van der Waals surface area contributed by atoms with Gasteiger partial charge in [0.15, 0.2) is 12.0 Å². The van der Waals surface area contributed by atoms with Gasteiger partial charge in [-0.2, -0.15) is 0 Å². The first-order valence-electron chi connectivity index (χ1n) is 8.48. The zero-order valence-corrected chi connectivity index (χ0v) is 14.8. The van der Waals surface area contributed by atoms with Crippen molar-refractivity contribution in [3.63, 3.8) is 0 Å². The van der Waals surface area contributed by atoms with Crippen molar-refractivity contribution in [2.75, 3.05) is 18.0 Å². The van der Waals surface area contributed by atoms with Crippen LogP contribution >= 0.6 is 0 Å². The average Bonchev–Trinajstić information content (AvgIpc) is 2.64. The second kappa shape index (κ2) is 7.44. The van der Waals surface area contributed by atoms with E-state index in [1.807, 2.05) is 12.1 Å². The maximum Gasteiger partial charge on any atom is 0.350 e. The van der Waals surface area contributed by atoms with Gasteiger partial charge in [-0.25, -0.2) is 4.79 Å². The van der Waals surface area contributed by atoms with Crippen molar-refractivity contribution in [2.24, 2.45) is 0 Å². The van der Waals surface area contributed by atoms with E-state index in [0.717, 1.165) is 24.3 Å². The summed E-state index contributed by atoms with van der Waals surface area (Å²) in [6.45, 7) is 9.60. The van der Waals surface area contributed by atoms with Crippen molar-refractivity contribution in [1.29, 1.82) is 0 Å². The van der Waals surface area contributed by atoms with E-state index in [0.29, 0.717) is 23.0 Å². The lowest BCUT2D eigenvalue weighted by Crippen LogP contribution is -2.21. The summed E-state index contributed by atoms with van der Waals surface area (Å²) in [5.74, 6) is 0.717. The Balaban J connectivity index is 2.17. The zero-order valence-electron chi connectivity index (χ0n) is 14.8. The van der Waals surface area contributed by atoms with E-state index >= 15 is 0 Å². The number of fused-ring (bicyclic) bond motifs is 1. The molecule has 1 radical (unpaired) electrons. The van der Waals surface area contributed by atoms with E-state index in [4.69, 9.17) is 9.15 Å². The second-order valence-electron chi connectivity index (χ2n) is 5.85. The Labute approximate surface area is 151 Å². The number of hydrogen-bond donors (Lipinski definition) is 0. The molecule has 0 saturated carbocycles. The Morgan fingerprint density at radius 3 is 2.42 bits per heavy atom. The van der Waals surface area contributed by atoms with Crippen LogP contribution in [0.3, 0.4) is 0 Å². The third kappa shape index (κ3) is 3.33. The van der Waals surface area contributed by atoms with Gasteiger partial charge in [0.25, 0.3) is 0 Å². The molecule has 0 unspecified atom stereocenters. The highest BCUT2D eigenvalue weighted by Crippen LogP contribution is 2.33. The summed E-state index contributed by atoms with van der Waals surface area (Å²) in [6, 6.07) is 12.6. The molecule has 0 saturated heterocycles. The third-order valence-electron chi connectivity index (χ3n) is 4.27. The highest BCUT2D eigenvalue weighted by Gasteiger charge is 2.17. The summed E-state index contributed by atoms with van der Waals surface area (Å²) in [4.78, 5) is 25.8. The molecule has 26 heavy (non-hydrogen) atoms. The second-order valence-corrected chi connectivity index (χ2v) is 5.85. The lowest BCUT2D eigenvalue weighted by Gasteiger charge is -2.21. The molecule has 0 N–H and O–H groups in total. The summed E-state index contributed by atoms with van der Waals surface area (Å²) in [5.41, 5.74) is 1.32. The predicted molar refractivity (Wildman–Crippen MR) is 102 cm³/mol. The number of anilines is 1. The largest absolute Gasteiger partial charge is 0.456 e. The number of ether oxygens (including phenoxy) is 1. The minimum atomic E-state index is -0.715. The standard InChI is InChI=1S/C21H20NO4/c1-4-22(5-2)15-8-11-17-19(12-15)26-21(24)18(13-23)20(17)25-16-9-6-14(3)7-10-16/h6-13H,3-5H2,1-2H3. The van der Waals surface area contributed by atoms with Crippen molar-refractivity contribution in [3.05, 3.63) is 70.9 Å². The fourth-order valence-corrected chi connectivity index (χ4v) is 2.85. The molecule has 0 atom stereocenters. The van der Waals surface area contributed by atoms with Crippen molar-refractivity contribution < 1.29 is 13.9 Å². The van der Waals surface area contributed by atoms with E-state index < -0.39 is 5.63 Å². The van der Waals surface area contributed by atoms with Crippen LogP contribution in [0.5, 0.6) is 11.5 Å². The molecule has 0 amide bonds. The number of benzene rings is 2. The van der Waals surface area contributed by atoms with E-state index in [1.54, 1.807) is 30.3 Å². The monoisotopic (exact) mass is 350 g/mol. The van der Waals surface area contributed by atoms with Crippen LogP contribution in [0, 0.1) is 6.92 Å². The van der Waals surface area contributed by atoms with Gasteiger partial charge in [0.2, 0.25) is 0 Å². The maximum atomic E-state index is 12.2. The van der Waals surface area contributed by atoms with Crippen LogP contribution in [-0.4, -0.2) is 19.4 Å². The van der Waals surface area contributed by atoms with Crippen molar-refractivity contribution in [2.45, 2.75) is 13.8 Å². The molecule has 2 aromatic carbocycles. The van der Waals surface area contributed by atoms with Gasteiger partial charge in [0, 0.05) is 24.8 Å². The van der Waals surface area contributed by atoms with Crippen LogP contribution in [0.4, 0.5) is 5.69 Å². The van der Waals surface area contributed by atoms with Crippen LogP contribution in [0.25, 0.3) is 11.0 Å². The Bertz CT molecular complexity index is 985. The number of hydrogen-bond acceptors (Lipinski definition) is 5. The highest BCUT2D eigenvalue weighted by atomic mass is 16.5. The molecule has 3 aromatic rings. The maximum absolute atomic E-state index is 12.2. The molecule has 0 aliphatic heterocycles. The molecule has 0 aliphatic rings. The number of nitrogens with zero attached hydrogens (tertiary/aromatic N) is 1.